The van der Waals surface area contributed by atoms with Crippen molar-refractivity contribution < 1.29 is 9.59 Å². The lowest BCUT2D eigenvalue weighted by molar-refractivity contribution is -0.128. The summed E-state index contributed by atoms with van der Waals surface area (Å²) < 4.78 is 0. The van der Waals surface area contributed by atoms with E-state index in [0.29, 0.717) is 0 Å². The highest BCUT2D eigenvalue weighted by atomic mass is 35.5. The molecule has 2 amide bonds. The molecule has 7 N–H and O–H groups in total. The second-order valence-electron chi connectivity index (χ2n) is 1.69. The number of carbonyl (C=O) groups is 2. The van der Waals surface area contributed by atoms with Gasteiger partial charge in [-0.1, -0.05) is 0 Å². The summed E-state index contributed by atoms with van der Waals surface area (Å²) in [6.45, 7) is 0. The van der Waals surface area contributed by atoms with Crippen molar-refractivity contribution in [3.05, 3.63) is 0 Å². The van der Waals surface area contributed by atoms with E-state index in [0.717, 1.165) is 0 Å². The maximum Gasteiger partial charge on any atom is 0.237 e. The molecule has 7 heteroatoms. The van der Waals surface area contributed by atoms with Crippen molar-refractivity contribution in [3.8, 4) is 0 Å². The van der Waals surface area contributed by atoms with Gasteiger partial charge in [-0.05, 0) is 0 Å². The van der Waals surface area contributed by atoms with Gasteiger partial charge in [-0.15, -0.1) is 12.4 Å². The Labute approximate surface area is 69.0 Å². The Morgan fingerprint density at radius 2 is 1.36 bits per heavy atom. The number of primary amides is 2. The molecule has 0 fully saturated rings. The van der Waals surface area contributed by atoms with Gasteiger partial charge in [0.15, 0.2) is 5.92 Å². The van der Waals surface area contributed by atoms with Gasteiger partial charge in [-0.25, -0.2) is 0 Å². The summed E-state index contributed by atoms with van der Waals surface area (Å²) in [4.78, 5) is 20.6. The van der Waals surface area contributed by atoms with Gasteiger partial charge in [0, 0.05) is 0 Å². The average molecular weight is 181 g/mol. The van der Waals surface area contributed by atoms with E-state index >= 15 is 0 Å². The number of amidine groups is 1. The first-order chi connectivity index (χ1) is 4.46. The maximum atomic E-state index is 10.3. The number of amides is 2. The molecular formula is C4H9ClN4O2. The molecule has 0 atom stereocenters. The van der Waals surface area contributed by atoms with Crippen molar-refractivity contribution in [2.45, 2.75) is 0 Å². The van der Waals surface area contributed by atoms with Crippen LogP contribution in [0, 0.1) is 11.3 Å². The molecule has 0 unspecified atom stereocenters. The van der Waals surface area contributed by atoms with Gasteiger partial charge in [0.2, 0.25) is 11.8 Å². The van der Waals surface area contributed by atoms with Crippen LogP contribution >= 0.6 is 12.4 Å². The smallest absolute Gasteiger partial charge is 0.237 e. The molecule has 0 spiro atoms. The van der Waals surface area contributed by atoms with Crippen molar-refractivity contribution in [3.63, 3.8) is 0 Å². The first-order valence-corrected chi connectivity index (χ1v) is 2.39. The van der Waals surface area contributed by atoms with Gasteiger partial charge >= 0.3 is 0 Å². The first-order valence-electron chi connectivity index (χ1n) is 2.39. The number of hydrogen-bond acceptors (Lipinski definition) is 3. The Bertz CT molecular complexity index is 159. The van der Waals surface area contributed by atoms with E-state index in [1.54, 1.807) is 0 Å². The molecule has 0 aliphatic rings. The van der Waals surface area contributed by atoms with Crippen LogP contribution in [0.3, 0.4) is 0 Å². The summed E-state index contributed by atoms with van der Waals surface area (Å²) in [7, 11) is 0. The first kappa shape index (κ1) is 12.4. The Kier molecular flexibility index (Phi) is 5.07. The Morgan fingerprint density at radius 3 is 1.36 bits per heavy atom. The predicted octanol–water partition coefficient (Wildman–Crippen LogP) is -2.07. The average Bonchev–Trinajstić information content (AvgIpc) is 1.59. The number of hydrogen-bond donors (Lipinski definition) is 4. The Hall–Kier alpha value is -1.30. The minimum atomic E-state index is -1.47. The molecule has 0 aromatic rings. The minimum absolute atomic E-state index is 0. The van der Waals surface area contributed by atoms with Crippen molar-refractivity contribution in [1.82, 2.24) is 0 Å². The van der Waals surface area contributed by atoms with Crippen molar-refractivity contribution >= 4 is 30.1 Å². The number of halogens is 1. The number of rotatable bonds is 3. The molecule has 0 aromatic carbocycles. The van der Waals surface area contributed by atoms with E-state index in [2.05, 4.69) is 11.5 Å². The zero-order valence-corrected chi connectivity index (χ0v) is 6.35. The molecule has 0 heterocycles. The second-order valence-corrected chi connectivity index (χ2v) is 1.69. The van der Waals surface area contributed by atoms with Crippen LogP contribution in [0.25, 0.3) is 0 Å². The summed E-state index contributed by atoms with van der Waals surface area (Å²) in [5.74, 6) is -4.10. The van der Waals surface area contributed by atoms with Crippen LogP contribution in [0.1, 0.15) is 0 Å². The molecule has 0 rings (SSSR count). The fraction of sp³-hybridized carbons (Fsp3) is 0.250. The summed E-state index contributed by atoms with van der Waals surface area (Å²) in [6.07, 6.45) is 0. The molecule has 0 radical (unpaired) electrons. The second kappa shape index (κ2) is 4.51. The monoisotopic (exact) mass is 180 g/mol. The molecule has 0 bridgehead atoms. The largest absolute Gasteiger partial charge is 0.387 e. The summed E-state index contributed by atoms with van der Waals surface area (Å²) in [5.41, 5.74) is 14.2. The molecule has 64 valence electrons. The van der Waals surface area contributed by atoms with Gasteiger partial charge in [-0.3, -0.25) is 15.0 Å². The molecular weight excluding hydrogens is 172 g/mol. The third-order valence-electron chi connectivity index (χ3n) is 0.880. The molecule has 0 saturated carbocycles. The van der Waals surface area contributed by atoms with Crippen molar-refractivity contribution in [2.24, 2.45) is 23.1 Å². The SMILES string of the molecule is Cl.N=C(N)C(C(N)=O)C(N)=O. The van der Waals surface area contributed by atoms with Crippen molar-refractivity contribution in [2.75, 3.05) is 0 Å². The van der Waals surface area contributed by atoms with Crippen molar-refractivity contribution in [1.29, 1.82) is 5.41 Å². The van der Waals surface area contributed by atoms with Crippen LogP contribution in [0.2, 0.25) is 0 Å². The predicted molar refractivity (Wildman–Crippen MR) is 41.0 cm³/mol. The normalized spacial score (nSPS) is 8.45. The topological polar surface area (TPSA) is 136 Å². The highest BCUT2D eigenvalue weighted by molar-refractivity contribution is 6.16. The van der Waals surface area contributed by atoms with Crippen LogP contribution in [0.5, 0.6) is 0 Å². The maximum absolute atomic E-state index is 10.3. The van der Waals surface area contributed by atoms with E-state index in [4.69, 9.17) is 11.1 Å². The molecule has 11 heavy (non-hydrogen) atoms. The van der Waals surface area contributed by atoms with Gasteiger partial charge in [0.1, 0.15) is 5.84 Å². The van der Waals surface area contributed by atoms with Crippen LogP contribution in [-0.4, -0.2) is 17.6 Å². The molecule has 0 aliphatic heterocycles. The zero-order chi connectivity index (χ0) is 8.31. The zero-order valence-electron chi connectivity index (χ0n) is 5.53. The van der Waals surface area contributed by atoms with E-state index in [1.807, 2.05) is 0 Å². The Morgan fingerprint density at radius 1 is 1.09 bits per heavy atom. The summed E-state index contributed by atoms with van der Waals surface area (Å²) in [5, 5.41) is 6.69. The van der Waals surface area contributed by atoms with E-state index in [1.165, 1.54) is 0 Å². The lowest BCUT2D eigenvalue weighted by atomic mass is 10.1. The van der Waals surface area contributed by atoms with Gasteiger partial charge in [0.25, 0.3) is 0 Å². The lowest BCUT2D eigenvalue weighted by Gasteiger charge is -2.04. The fourth-order valence-corrected chi connectivity index (χ4v) is 0.447. The van der Waals surface area contributed by atoms with Crippen LogP contribution in [-0.2, 0) is 9.59 Å². The third kappa shape index (κ3) is 3.41. The summed E-state index contributed by atoms with van der Waals surface area (Å²) in [6, 6.07) is 0. The van der Waals surface area contributed by atoms with E-state index in [-0.39, 0.29) is 12.4 Å². The highest BCUT2D eigenvalue weighted by Crippen LogP contribution is 1.90. The molecule has 0 aliphatic carbocycles. The van der Waals surface area contributed by atoms with Crippen LogP contribution in [0.4, 0.5) is 0 Å². The molecule has 0 aromatic heterocycles. The number of nitrogens with two attached hydrogens (primary N) is 3. The molecule has 6 nitrogen and oxygen atoms in total. The van der Waals surface area contributed by atoms with Gasteiger partial charge in [0.05, 0.1) is 0 Å². The third-order valence-corrected chi connectivity index (χ3v) is 0.880. The molecule has 0 saturated heterocycles. The fourth-order valence-electron chi connectivity index (χ4n) is 0.447. The number of carbonyl (C=O) groups excluding carboxylic acids is 2. The Balaban J connectivity index is 0. The standard InChI is InChI=1S/C4H8N4O2.ClH/c5-2(6)1(3(7)9)4(8)10;/h1H,(H3,5,6)(H2,7,9)(H2,8,10);1H. The van der Waals surface area contributed by atoms with E-state index in [9.17, 15) is 9.59 Å². The summed E-state index contributed by atoms with van der Waals surface area (Å²) >= 11 is 0. The quantitative estimate of drug-likeness (QED) is 0.226. The van der Waals surface area contributed by atoms with Gasteiger partial charge < -0.3 is 17.2 Å². The van der Waals surface area contributed by atoms with Crippen LogP contribution in [0.15, 0.2) is 0 Å². The van der Waals surface area contributed by atoms with Gasteiger partial charge in [-0.2, -0.15) is 0 Å². The van der Waals surface area contributed by atoms with Crippen LogP contribution < -0.4 is 17.2 Å². The minimum Gasteiger partial charge on any atom is -0.387 e. The number of nitrogens with one attached hydrogen (secondary N) is 1. The lowest BCUT2D eigenvalue weighted by Crippen LogP contribution is -2.43. The van der Waals surface area contributed by atoms with E-state index < -0.39 is 23.6 Å². The highest BCUT2D eigenvalue weighted by Gasteiger charge is 2.24.